The first-order valence-corrected chi connectivity index (χ1v) is 6.46. The zero-order chi connectivity index (χ0) is 13.2. The van der Waals surface area contributed by atoms with E-state index < -0.39 is 0 Å². The van der Waals surface area contributed by atoms with Crippen molar-refractivity contribution in [2.45, 2.75) is 13.2 Å². The molecule has 0 aliphatic rings. The summed E-state index contributed by atoms with van der Waals surface area (Å²) in [5.74, 6) is -0.347. The monoisotopic (exact) mass is 279 g/mol. The number of rotatable bonds is 4. The molecule has 5 nitrogen and oxygen atoms in total. The number of nitrogens with one attached hydrogen (secondary N) is 1. The molecule has 2 N–H and O–H groups in total. The predicted octanol–water partition coefficient (Wildman–Crippen LogP) is 2.53. The summed E-state index contributed by atoms with van der Waals surface area (Å²) < 4.78 is 18.4. The Balaban J connectivity index is 1.74. The molecule has 0 atom stereocenters. The van der Waals surface area contributed by atoms with Crippen LogP contribution in [0.3, 0.4) is 0 Å². The predicted molar refractivity (Wildman–Crippen MR) is 69.3 cm³/mol. The van der Waals surface area contributed by atoms with Gasteiger partial charge in [-0.15, -0.1) is 11.3 Å². The minimum Gasteiger partial charge on any atom is -0.424 e. The lowest BCUT2D eigenvalue weighted by atomic mass is 10.3. The van der Waals surface area contributed by atoms with Crippen LogP contribution < -0.4 is 5.32 Å². The number of thiazole rings is 1. The molecule has 19 heavy (non-hydrogen) atoms. The molecule has 0 saturated carbocycles. The second-order valence-electron chi connectivity index (χ2n) is 3.88. The van der Waals surface area contributed by atoms with Crippen molar-refractivity contribution >= 4 is 28.5 Å². The Hall–Kier alpha value is -1.99. The van der Waals surface area contributed by atoms with Crippen molar-refractivity contribution in [2.24, 2.45) is 0 Å². The van der Waals surface area contributed by atoms with E-state index in [1.54, 1.807) is 5.38 Å². The van der Waals surface area contributed by atoms with Crippen LogP contribution in [0, 0.1) is 5.82 Å². The van der Waals surface area contributed by atoms with Gasteiger partial charge in [-0.05, 0) is 12.1 Å². The molecule has 0 unspecified atom stereocenters. The summed E-state index contributed by atoms with van der Waals surface area (Å²) in [7, 11) is 0. The van der Waals surface area contributed by atoms with Gasteiger partial charge in [-0.3, -0.25) is 0 Å². The Labute approximate surface area is 111 Å². The number of aliphatic hydroxyl groups excluding tert-OH is 1. The highest BCUT2D eigenvalue weighted by molar-refractivity contribution is 7.09. The fourth-order valence-corrected chi connectivity index (χ4v) is 2.35. The molecule has 0 amide bonds. The molecule has 2 aromatic heterocycles. The van der Waals surface area contributed by atoms with Crippen LogP contribution in [0.25, 0.3) is 11.1 Å². The Morgan fingerprint density at radius 3 is 3.05 bits per heavy atom. The van der Waals surface area contributed by atoms with Gasteiger partial charge >= 0.3 is 0 Å². The zero-order valence-corrected chi connectivity index (χ0v) is 10.6. The zero-order valence-electron chi connectivity index (χ0n) is 9.76. The van der Waals surface area contributed by atoms with E-state index in [1.165, 1.54) is 29.5 Å². The van der Waals surface area contributed by atoms with Gasteiger partial charge in [0.05, 0.1) is 18.8 Å². The average Bonchev–Trinajstić information content (AvgIpc) is 3.01. The third-order valence-electron chi connectivity index (χ3n) is 2.50. The molecule has 0 saturated heterocycles. The number of hydrogen-bond acceptors (Lipinski definition) is 6. The van der Waals surface area contributed by atoms with E-state index in [4.69, 9.17) is 9.52 Å². The second-order valence-corrected chi connectivity index (χ2v) is 4.82. The molecule has 2 heterocycles. The van der Waals surface area contributed by atoms with Gasteiger partial charge in [0.1, 0.15) is 16.3 Å². The van der Waals surface area contributed by atoms with Crippen LogP contribution in [0.4, 0.5) is 10.4 Å². The van der Waals surface area contributed by atoms with Gasteiger partial charge in [0, 0.05) is 11.4 Å². The maximum atomic E-state index is 13.0. The van der Waals surface area contributed by atoms with Crippen LogP contribution in [-0.2, 0) is 13.2 Å². The van der Waals surface area contributed by atoms with E-state index in [0.717, 1.165) is 5.01 Å². The molecule has 3 aromatic rings. The summed E-state index contributed by atoms with van der Waals surface area (Å²) in [5.41, 5.74) is 1.64. The summed E-state index contributed by atoms with van der Waals surface area (Å²) in [6, 6.07) is 4.50. The quantitative estimate of drug-likeness (QED) is 0.768. The van der Waals surface area contributed by atoms with Gasteiger partial charge < -0.3 is 14.8 Å². The summed E-state index contributed by atoms with van der Waals surface area (Å²) in [4.78, 5) is 8.31. The molecule has 0 aliphatic heterocycles. The second kappa shape index (κ2) is 4.94. The summed E-state index contributed by atoms with van der Waals surface area (Å²) in [6.07, 6.45) is 0. The maximum absolute atomic E-state index is 13.0. The molecular formula is C12H10FN3O2S. The Morgan fingerprint density at radius 1 is 1.37 bits per heavy atom. The van der Waals surface area contributed by atoms with Gasteiger partial charge in [0.15, 0.2) is 5.58 Å². The Morgan fingerprint density at radius 2 is 2.26 bits per heavy atom. The Kier molecular flexibility index (Phi) is 3.14. The number of aromatic nitrogens is 2. The van der Waals surface area contributed by atoms with Crippen LogP contribution in [0.5, 0.6) is 0 Å². The first-order valence-electron chi connectivity index (χ1n) is 5.59. The first kappa shape index (κ1) is 12.1. The molecule has 1 aromatic carbocycles. The van der Waals surface area contributed by atoms with Crippen molar-refractivity contribution in [1.82, 2.24) is 9.97 Å². The van der Waals surface area contributed by atoms with Gasteiger partial charge in [0.25, 0.3) is 6.01 Å². The summed E-state index contributed by atoms with van der Waals surface area (Å²) >= 11 is 1.44. The third-order valence-corrected chi connectivity index (χ3v) is 3.40. The molecule has 3 rings (SSSR count). The fourth-order valence-electron chi connectivity index (χ4n) is 1.63. The molecule has 0 spiro atoms. The van der Waals surface area contributed by atoms with Gasteiger partial charge in [0.2, 0.25) is 0 Å². The molecule has 0 radical (unpaired) electrons. The van der Waals surface area contributed by atoms with Gasteiger partial charge in [-0.25, -0.2) is 9.37 Å². The molecule has 0 bridgehead atoms. The van der Waals surface area contributed by atoms with Crippen LogP contribution in [0.2, 0.25) is 0 Å². The third kappa shape index (κ3) is 2.56. The number of oxazole rings is 1. The number of hydrogen-bond donors (Lipinski definition) is 2. The van der Waals surface area contributed by atoms with Gasteiger partial charge in [-0.1, -0.05) is 0 Å². The topological polar surface area (TPSA) is 71.2 Å². The van der Waals surface area contributed by atoms with Crippen LogP contribution in [0.1, 0.15) is 10.7 Å². The lowest BCUT2D eigenvalue weighted by molar-refractivity contribution is 0.277. The number of anilines is 1. The number of halogens is 1. The largest absolute Gasteiger partial charge is 0.424 e. The fraction of sp³-hybridized carbons (Fsp3) is 0.167. The lowest BCUT2D eigenvalue weighted by Crippen LogP contribution is -1.99. The highest BCUT2D eigenvalue weighted by atomic mass is 32.1. The summed E-state index contributed by atoms with van der Waals surface area (Å²) in [5, 5.41) is 14.5. The minimum absolute atomic E-state index is 0.0708. The minimum atomic E-state index is -0.347. The number of aliphatic hydroxyl groups is 1. The average molecular weight is 279 g/mol. The van der Waals surface area contributed by atoms with Crippen molar-refractivity contribution in [3.8, 4) is 0 Å². The van der Waals surface area contributed by atoms with Crippen molar-refractivity contribution in [1.29, 1.82) is 0 Å². The van der Waals surface area contributed by atoms with Gasteiger partial charge in [-0.2, -0.15) is 4.98 Å². The van der Waals surface area contributed by atoms with E-state index in [9.17, 15) is 4.39 Å². The molecule has 98 valence electrons. The molecule has 7 heteroatoms. The molecule has 0 aliphatic carbocycles. The van der Waals surface area contributed by atoms with Crippen molar-refractivity contribution in [2.75, 3.05) is 5.32 Å². The normalized spacial score (nSPS) is 11.1. The smallest absolute Gasteiger partial charge is 0.296 e. The number of benzene rings is 1. The Bertz CT molecular complexity index is 710. The van der Waals surface area contributed by atoms with E-state index >= 15 is 0 Å². The highest BCUT2D eigenvalue weighted by Crippen LogP contribution is 2.20. The molecule has 0 fully saturated rings. The number of fused-ring (bicyclic) bond motifs is 1. The number of nitrogens with zero attached hydrogens (tertiary/aromatic N) is 2. The lowest BCUT2D eigenvalue weighted by Gasteiger charge is -1.96. The van der Waals surface area contributed by atoms with Crippen molar-refractivity contribution < 1.29 is 13.9 Å². The maximum Gasteiger partial charge on any atom is 0.296 e. The van der Waals surface area contributed by atoms with Crippen molar-refractivity contribution in [3.05, 3.63) is 40.1 Å². The highest BCUT2D eigenvalue weighted by Gasteiger charge is 2.07. The standard InChI is InChI=1S/C12H10FN3O2S/c13-7-1-2-10-9(3-7)16-12(18-10)14-4-11-15-8(5-17)6-19-11/h1-3,6,17H,4-5H2,(H,14,16). The van der Waals surface area contributed by atoms with Crippen LogP contribution >= 0.6 is 11.3 Å². The van der Waals surface area contributed by atoms with Crippen LogP contribution in [0.15, 0.2) is 28.0 Å². The van der Waals surface area contributed by atoms with E-state index in [1.807, 2.05) is 0 Å². The van der Waals surface area contributed by atoms with E-state index in [0.29, 0.717) is 29.4 Å². The van der Waals surface area contributed by atoms with E-state index in [-0.39, 0.29) is 12.4 Å². The van der Waals surface area contributed by atoms with Crippen molar-refractivity contribution in [3.63, 3.8) is 0 Å². The summed E-state index contributed by atoms with van der Waals surface area (Å²) in [6.45, 7) is 0.374. The first-order chi connectivity index (χ1) is 9.24. The SMILES string of the molecule is OCc1csc(CNc2nc3cc(F)ccc3o2)n1. The molecular weight excluding hydrogens is 269 g/mol. The van der Waals surface area contributed by atoms with Crippen LogP contribution in [-0.4, -0.2) is 15.1 Å². The van der Waals surface area contributed by atoms with E-state index in [2.05, 4.69) is 15.3 Å².